The molecule has 1 amide bonds. The van der Waals surface area contributed by atoms with Gasteiger partial charge in [0.15, 0.2) is 0 Å². The summed E-state index contributed by atoms with van der Waals surface area (Å²) >= 11 is 0. The number of anilines is 1. The average molecular weight is 256 g/mol. The normalized spacial score (nSPS) is 10.2. The van der Waals surface area contributed by atoms with Gasteiger partial charge in [0, 0.05) is 23.4 Å². The first kappa shape index (κ1) is 13.1. The van der Waals surface area contributed by atoms with E-state index in [2.05, 4.69) is 5.32 Å². The number of nitrogens with two attached hydrogens (primary N) is 1. The van der Waals surface area contributed by atoms with Crippen LogP contribution >= 0.6 is 0 Å². The zero-order chi connectivity index (χ0) is 13.8. The molecule has 0 heterocycles. The number of nitrogens with one attached hydrogen (secondary N) is 1. The summed E-state index contributed by atoms with van der Waals surface area (Å²) in [4.78, 5) is 12.1. The summed E-state index contributed by atoms with van der Waals surface area (Å²) in [5.74, 6) is -0.125. The van der Waals surface area contributed by atoms with E-state index in [1.54, 1.807) is 37.3 Å². The Kier molecular flexibility index (Phi) is 3.82. The number of aromatic hydroxyl groups is 1. The first-order chi connectivity index (χ1) is 9.11. The van der Waals surface area contributed by atoms with Crippen LogP contribution in [0.25, 0.3) is 0 Å². The van der Waals surface area contributed by atoms with E-state index in [1.165, 1.54) is 0 Å². The molecule has 19 heavy (non-hydrogen) atoms. The monoisotopic (exact) mass is 256 g/mol. The van der Waals surface area contributed by atoms with Crippen LogP contribution in [0.2, 0.25) is 0 Å². The molecule has 2 aromatic rings. The third kappa shape index (κ3) is 2.92. The summed E-state index contributed by atoms with van der Waals surface area (Å²) in [6.07, 6.45) is 0. The van der Waals surface area contributed by atoms with Crippen LogP contribution in [-0.4, -0.2) is 11.0 Å². The van der Waals surface area contributed by atoms with Gasteiger partial charge in [0.1, 0.15) is 5.75 Å². The van der Waals surface area contributed by atoms with Crippen molar-refractivity contribution in [3.8, 4) is 5.75 Å². The van der Waals surface area contributed by atoms with Crippen molar-refractivity contribution >= 4 is 11.6 Å². The van der Waals surface area contributed by atoms with Gasteiger partial charge in [0.2, 0.25) is 0 Å². The molecule has 4 nitrogen and oxygen atoms in total. The maximum atomic E-state index is 12.1. The molecular formula is C15H16N2O2. The number of hydrogen-bond acceptors (Lipinski definition) is 3. The third-order valence-corrected chi connectivity index (χ3v) is 3.00. The molecule has 0 fully saturated rings. The van der Waals surface area contributed by atoms with Gasteiger partial charge in [0.25, 0.3) is 5.91 Å². The number of phenolic OH excluding ortho intramolecular Hbond substituents is 1. The first-order valence-corrected chi connectivity index (χ1v) is 6.00. The highest BCUT2D eigenvalue weighted by Gasteiger charge is 2.11. The topological polar surface area (TPSA) is 75.3 Å². The molecule has 0 aromatic heterocycles. The Labute approximate surface area is 111 Å². The van der Waals surface area contributed by atoms with Gasteiger partial charge in [0.05, 0.1) is 0 Å². The Morgan fingerprint density at radius 3 is 2.53 bits per heavy atom. The van der Waals surface area contributed by atoms with Crippen molar-refractivity contribution in [2.45, 2.75) is 13.5 Å². The Hall–Kier alpha value is -2.33. The Morgan fingerprint density at radius 1 is 1.21 bits per heavy atom. The lowest BCUT2D eigenvalue weighted by Gasteiger charge is -2.09. The van der Waals surface area contributed by atoms with Crippen LogP contribution in [0.3, 0.4) is 0 Å². The highest BCUT2D eigenvalue weighted by Crippen LogP contribution is 2.20. The highest BCUT2D eigenvalue weighted by atomic mass is 16.3. The molecular weight excluding hydrogens is 240 g/mol. The first-order valence-electron chi connectivity index (χ1n) is 6.00. The van der Waals surface area contributed by atoms with Crippen LogP contribution in [-0.2, 0) is 6.54 Å². The molecule has 4 N–H and O–H groups in total. The summed E-state index contributed by atoms with van der Waals surface area (Å²) in [6, 6.07) is 12.2. The molecule has 0 aliphatic heterocycles. The Bertz CT molecular complexity index is 592. The number of carbonyl (C=O) groups excluding carboxylic acids is 1. The minimum atomic E-state index is -0.242. The summed E-state index contributed by atoms with van der Waals surface area (Å²) in [5.41, 5.74) is 8.25. The van der Waals surface area contributed by atoms with Crippen molar-refractivity contribution in [1.82, 2.24) is 0 Å². The molecule has 4 heteroatoms. The number of benzene rings is 2. The van der Waals surface area contributed by atoms with Crippen molar-refractivity contribution < 1.29 is 9.90 Å². The number of carbonyl (C=O) groups is 1. The van der Waals surface area contributed by atoms with Crippen LogP contribution in [0.15, 0.2) is 42.5 Å². The second kappa shape index (κ2) is 5.54. The number of rotatable bonds is 3. The van der Waals surface area contributed by atoms with Gasteiger partial charge >= 0.3 is 0 Å². The lowest BCUT2D eigenvalue weighted by molar-refractivity contribution is 0.102. The van der Waals surface area contributed by atoms with Gasteiger partial charge in [-0.1, -0.05) is 18.2 Å². The zero-order valence-electron chi connectivity index (χ0n) is 10.7. The van der Waals surface area contributed by atoms with Crippen molar-refractivity contribution in [2.75, 3.05) is 5.32 Å². The second-order valence-electron chi connectivity index (χ2n) is 4.30. The average Bonchev–Trinajstić information content (AvgIpc) is 2.42. The van der Waals surface area contributed by atoms with E-state index in [1.807, 2.05) is 12.1 Å². The molecule has 98 valence electrons. The minimum Gasteiger partial charge on any atom is -0.508 e. The molecule has 0 atom stereocenters. The molecule has 0 unspecified atom stereocenters. The van der Waals surface area contributed by atoms with Crippen LogP contribution in [0.4, 0.5) is 5.69 Å². The molecule has 0 radical (unpaired) electrons. The summed E-state index contributed by atoms with van der Waals surface area (Å²) < 4.78 is 0. The number of amides is 1. The number of hydrogen-bond donors (Lipinski definition) is 3. The van der Waals surface area contributed by atoms with Gasteiger partial charge in [-0.05, 0) is 36.8 Å². The van der Waals surface area contributed by atoms with E-state index in [4.69, 9.17) is 5.73 Å². The summed E-state index contributed by atoms with van der Waals surface area (Å²) in [5, 5.41) is 12.4. The SMILES string of the molecule is Cc1c(O)cccc1C(=O)Nc1ccc(CN)cc1. The number of phenols is 1. The molecule has 2 aromatic carbocycles. The van der Waals surface area contributed by atoms with Gasteiger partial charge in [-0.3, -0.25) is 4.79 Å². The molecule has 0 bridgehead atoms. The van der Waals surface area contributed by atoms with Gasteiger partial charge in [-0.2, -0.15) is 0 Å². The molecule has 0 aliphatic carbocycles. The maximum Gasteiger partial charge on any atom is 0.256 e. The molecule has 0 saturated carbocycles. The smallest absolute Gasteiger partial charge is 0.256 e. The van der Waals surface area contributed by atoms with Crippen LogP contribution < -0.4 is 11.1 Å². The van der Waals surface area contributed by atoms with E-state index in [9.17, 15) is 9.90 Å². The quantitative estimate of drug-likeness (QED) is 0.789. The van der Waals surface area contributed by atoms with Crippen LogP contribution in [0.1, 0.15) is 21.5 Å². The van der Waals surface area contributed by atoms with Gasteiger partial charge < -0.3 is 16.2 Å². The lowest BCUT2D eigenvalue weighted by atomic mass is 10.1. The van der Waals surface area contributed by atoms with E-state index in [0.29, 0.717) is 23.4 Å². The van der Waals surface area contributed by atoms with E-state index in [0.717, 1.165) is 5.56 Å². The fourth-order valence-electron chi connectivity index (χ4n) is 1.79. The largest absolute Gasteiger partial charge is 0.508 e. The summed E-state index contributed by atoms with van der Waals surface area (Å²) in [7, 11) is 0. The molecule has 0 saturated heterocycles. The summed E-state index contributed by atoms with van der Waals surface area (Å²) in [6.45, 7) is 2.18. The third-order valence-electron chi connectivity index (χ3n) is 3.00. The van der Waals surface area contributed by atoms with Crippen molar-refractivity contribution in [3.05, 3.63) is 59.2 Å². The molecule has 2 rings (SSSR count). The van der Waals surface area contributed by atoms with Crippen LogP contribution in [0, 0.1) is 6.92 Å². The van der Waals surface area contributed by atoms with E-state index < -0.39 is 0 Å². The van der Waals surface area contributed by atoms with Crippen molar-refractivity contribution in [2.24, 2.45) is 5.73 Å². The second-order valence-corrected chi connectivity index (χ2v) is 4.30. The standard InChI is InChI=1S/C15H16N2O2/c1-10-13(3-2-4-14(10)18)15(19)17-12-7-5-11(9-16)6-8-12/h2-8,18H,9,16H2,1H3,(H,17,19). The minimum absolute atomic E-state index is 0.117. The van der Waals surface area contributed by atoms with Gasteiger partial charge in [-0.15, -0.1) is 0 Å². The maximum absolute atomic E-state index is 12.1. The van der Waals surface area contributed by atoms with Gasteiger partial charge in [-0.25, -0.2) is 0 Å². The lowest BCUT2D eigenvalue weighted by Crippen LogP contribution is -2.13. The zero-order valence-corrected chi connectivity index (χ0v) is 10.7. The predicted molar refractivity (Wildman–Crippen MR) is 75.1 cm³/mol. The Balaban J connectivity index is 2.18. The highest BCUT2D eigenvalue weighted by molar-refractivity contribution is 6.05. The van der Waals surface area contributed by atoms with E-state index in [-0.39, 0.29) is 11.7 Å². The van der Waals surface area contributed by atoms with E-state index >= 15 is 0 Å². The fraction of sp³-hybridized carbons (Fsp3) is 0.133. The fourth-order valence-corrected chi connectivity index (χ4v) is 1.79. The van der Waals surface area contributed by atoms with Crippen LogP contribution in [0.5, 0.6) is 5.75 Å². The predicted octanol–water partition coefficient (Wildman–Crippen LogP) is 2.41. The Morgan fingerprint density at radius 2 is 1.89 bits per heavy atom. The molecule has 0 spiro atoms. The molecule has 0 aliphatic rings. The van der Waals surface area contributed by atoms with Crippen molar-refractivity contribution in [1.29, 1.82) is 0 Å². The van der Waals surface area contributed by atoms with Crippen molar-refractivity contribution in [3.63, 3.8) is 0 Å².